The first-order chi connectivity index (χ1) is 16.9. The number of aliphatic carboxylic acids is 1. The van der Waals surface area contributed by atoms with Gasteiger partial charge in [0.25, 0.3) is 0 Å². The van der Waals surface area contributed by atoms with Gasteiger partial charge in [-0.1, -0.05) is 67.8 Å². The normalized spacial score (nSPS) is 17.1. The second kappa shape index (κ2) is 11.4. The van der Waals surface area contributed by atoms with Gasteiger partial charge in [-0.25, -0.2) is 4.79 Å². The van der Waals surface area contributed by atoms with Gasteiger partial charge in [-0.15, -0.1) is 0 Å². The Labute approximate surface area is 206 Å². The van der Waals surface area contributed by atoms with Crippen molar-refractivity contribution < 1.29 is 24.2 Å². The van der Waals surface area contributed by atoms with Crippen LogP contribution in [0.15, 0.2) is 48.5 Å². The molecule has 2 aromatic carbocycles. The van der Waals surface area contributed by atoms with Crippen molar-refractivity contribution in [3.63, 3.8) is 0 Å². The van der Waals surface area contributed by atoms with Crippen molar-refractivity contribution in [1.29, 1.82) is 0 Å². The number of amides is 2. The summed E-state index contributed by atoms with van der Waals surface area (Å²) in [6.45, 7) is 1.89. The molecule has 1 unspecified atom stereocenters. The van der Waals surface area contributed by atoms with E-state index in [0.29, 0.717) is 0 Å². The number of carbonyl (C=O) groups excluding carboxylic acids is 2. The number of carboxylic acids is 1. The number of nitrogens with one attached hydrogen (secondary N) is 2. The average molecular weight is 479 g/mol. The molecule has 186 valence electrons. The predicted octanol–water partition coefficient (Wildman–Crippen LogP) is 4.84. The van der Waals surface area contributed by atoms with Crippen molar-refractivity contribution in [3.8, 4) is 11.1 Å². The van der Waals surface area contributed by atoms with E-state index >= 15 is 0 Å². The summed E-state index contributed by atoms with van der Waals surface area (Å²) in [4.78, 5) is 36.4. The van der Waals surface area contributed by atoms with Crippen molar-refractivity contribution in [3.05, 3.63) is 59.7 Å². The highest BCUT2D eigenvalue weighted by Gasteiger charge is 2.31. The number of benzene rings is 2. The fraction of sp³-hybridized carbons (Fsp3) is 0.464. The van der Waals surface area contributed by atoms with Crippen molar-refractivity contribution in [2.75, 3.05) is 6.61 Å². The lowest BCUT2D eigenvalue weighted by Gasteiger charge is -2.30. The first kappa shape index (κ1) is 24.8. The van der Waals surface area contributed by atoms with E-state index in [1.54, 1.807) is 6.92 Å². The summed E-state index contributed by atoms with van der Waals surface area (Å²) >= 11 is 0. The van der Waals surface area contributed by atoms with E-state index in [4.69, 9.17) is 9.84 Å². The number of hydrogen-bond acceptors (Lipinski definition) is 4. The van der Waals surface area contributed by atoms with Crippen LogP contribution in [0.25, 0.3) is 11.1 Å². The molecule has 0 radical (unpaired) electrons. The maximum Gasteiger partial charge on any atom is 0.407 e. The number of carbonyl (C=O) groups is 3. The van der Waals surface area contributed by atoms with Gasteiger partial charge in [-0.2, -0.15) is 0 Å². The minimum absolute atomic E-state index is 0.0264. The molecule has 1 saturated carbocycles. The smallest absolute Gasteiger partial charge is 0.407 e. The number of alkyl carbamates (subject to hydrolysis) is 1. The van der Waals surface area contributed by atoms with Gasteiger partial charge in [0.05, 0.1) is 6.42 Å². The first-order valence-corrected chi connectivity index (χ1v) is 12.5. The summed E-state index contributed by atoms with van der Waals surface area (Å²) in [6, 6.07) is 15.6. The molecule has 7 heteroatoms. The molecule has 4 rings (SSSR count). The molecule has 0 aliphatic heterocycles. The molecule has 35 heavy (non-hydrogen) atoms. The van der Waals surface area contributed by atoms with Gasteiger partial charge in [0.15, 0.2) is 0 Å². The SMILES string of the molecule is C[C@H](CC(=O)O)NC(=O)CC(NC(=O)OCC1c2ccccc2-c2ccccc21)C1CCCCC1. The summed E-state index contributed by atoms with van der Waals surface area (Å²) in [5, 5.41) is 14.7. The lowest BCUT2D eigenvalue weighted by Crippen LogP contribution is -2.46. The van der Waals surface area contributed by atoms with Crippen LogP contribution in [0.4, 0.5) is 4.79 Å². The fourth-order valence-electron chi connectivity index (χ4n) is 5.51. The lowest BCUT2D eigenvalue weighted by molar-refractivity contribution is -0.137. The van der Waals surface area contributed by atoms with Gasteiger partial charge < -0.3 is 20.5 Å². The van der Waals surface area contributed by atoms with Crippen LogP contribution in [0.2, 0.25) is 0 Å². The monoisotopic (exact) mass is 478 g/mol. The third-order valence-electron chi connectivity index (χ3n) is 7.16. The Balaban J connectivity index is 1.39. The van der Waals surface area contributed by atoms with E-state index in [0.717, 1.165) is 43.2 Å². The fourth-order valence-corrected chi connectivity index (χ4v) is 5.51. The van der Waals surface area contributed by atoms with Crippen LogP contribution in [0, 0.1) is 5.92 Å². The minimum Gasteiger partial charge on any atom is -0.481 e. The summed E-state index contributed by atoms with van der Waals surface area (Å²) in [7, 11) is 0. The molecule has 1 fully saturated rings. The van der Waals surface area contributed by atoms with E-state index in [1.807, 2.05) is 24.3 Å². The van der Waals surface area contributed by atoms with E-state index in [1.165, 1.54) is 11.1 Å². The Hall–Kier alpha value is -3.35. The molecular weight excluding hydrogens is 444 g/mol. The Morgan fingerprint density at radius 1 is 0.914 bits per heavy atom. The highest BCUT2D eigenvalue weighted by Crippen LogP contribution is 2.44. The number of carboxylic acid groups (broad SMARTS) is 1. The zero-order valence-electron chi connectivity index (χ0n) is 20.2. The van der Waals surface area contributed by atoms with Crippen LogP contribution in [0.1, 0.15) is 68.9 Å². The molecule has 3 N–H and O–H groups in total. The molecule has 0 bridgehead atoms. The largest absolute Gasteiger partial charge is 0.481 e. The van der Waals surface area contributed by atoms with Gasteiger partial charge >= 0.3 is 12.1 Å². The van der Waals surface area contributed by atoms with Crippen LogP contribution in [0.5, 0.6) is 0 Å². The molecular formula is C28H34N2O5. The third kappa shape index (κ3) is 6.21. The number of hydrogen-bond donors (Lipinski definition) is 3. The van der Waals surface area contributed by atoms with Crippen molar-refractivity contribution in [2.45, 2.75) is 69.9 Å². The van der Waals surface area contributed by atoms with E-state index in [2.05, 4.69) is 34.9 Å². The molecule has 2 atom stereocenters. The number of ether oxygens (including phenoxy) is 1. The van der Waals surface area contributed by atoms with Gasteiger partial charge in [-0.3, -0.25) is 9.59 Å². The summed E-state index contributed by atoms with van der Waals surface area (Å²) in [6.07, 6.45) is 4.66. The highest BCUT2D eigenvalue weighted by molar-refractivity contribution is 5.80. The Morgan fingerprint density at radius 2 is 1.51 bits per heavy atom. The standard InChI is InChI=1S/C28H34N2O5/c1-18(15-27(32)33)29-26(31)16-25(19-9-3-2-4-10-19)30-28(34)35-17-24-22-13-7-5-11-20(22)21-12-6-8-14-23(21)24/h5-8,11-14,18-19,24-25H,2-4,9-10,15-17H2,1H3,(H,29,31)(H,30,34)(H,32,33)/t18-,25?/m1/s1. The molecule has 7 nitrogen and oxygen atoms in total. The van der Waals surface area contributed by atoms with Crippen LogP contribution in [-0.2, 0) is 14.3 Å². The molecule has 2 aromatic rings. The van der Waals surface area contributed by atoms with Gasteiger partial charge in [0, 0.05) is 24.4 Å². The first-order valence-electron chi connectivity index (χ1n) is 12.5. The third-order valence-corrected chi connectivity index (χ3v) is 7.16. The van der Waals surface area contributed by atoms with Crippen LogP contribution < -0.4 is 10.6 Å². The lowest BCUT2D eigenvalue weighted by atomic mass is 9.82. The molecule has 2 aliphatic carbocycles. The summed E-state index contributed by atoms with van der Waals surface area (Å²) in [5.74, 6) is -1.04. The number of rotatable bonds is 9. The van der Waals surface area contributed by atoms with E-state index in [-0.39, 0.29) is 43.2 Å². The van der Waals surface area contributed by atoms with Crippen molar-refractivity contribution in [2.24, 2.45) is 5.92 Å². The summed E-state index contributed by atoms with van der Waals surface area (Å²) < 4.78 is 5.72. The molecule has 0 saturated heterocycles. The Bertz CT molecular complexity index is 1020. The van der Waals surface area contributed by atoms with Crippen LogP contribution >= 0.6 is 0 Å². The van der Waals surface area contributed by atoms with Gasteiger partial charge in [-0.05, 0) is 47.9 Å². The van der Waals surface area contributed by atoms with Crippen LogP contribution in [-0.4, -0.2) is 41.8 Å². The highest BCUT2D eigenvalue weighted by atomic mass is 16.5. The Morgan fingerprint density at radius 3 is 2.11 bits per heavy atom. The zero-order chi connectivity index (χ0) is 24.8. The quantitative estimate of drug-likeness (QED) is 0.478. The van der Waals surface area contributed by atoms with Crippen molar-refractivity contribution >= 4 is 18.0 Å². The molecule has 0 spiro atoms. The van der Waals surface area contributed by atoms with Gasteiger partial charge in [0.2, 0.25) is 5.91 Å². The molecule has 2 amide bonds. The molecule has 0 aromatic heterocycles. The topological polar surface area (TPSA) is 105 Å². The Kier molecular flexibility index (Phi) is 8.06. The second-order valence-electron chi connectivity index (χ2n) is 9.75. The van der Waals surface area contributed by atoms with Crippen molar-refractivity contribution in [1.82, 2.24) is 10.6 Å². The number of fused-ring (bicyclic) bond motifs is 3. The average Bonchev–Trinajstić information content (AvgIpc) is 3.16. The van der Waals surface area contributed by atoms with Gasteiger partial charge in [0.1, 0.15) is 6.61 Å². The maximum absolute atomic E-state index is 12.9. The molecule has 2 aliphatic rings. The van der Waals surface area contributed by atoms with Crippen LogP contribution in [0.3, 0.4) is 0 Å². The minimum atomic E-state index is -0.960. The predicted molar refractivity (Wildman–Crippen MR) is 133 cm³/mol. The second-order valence-corrected chi connectivity index (χ2v) is 9.75. The summed E-state index contributed by atoms with van der Waals surface area (Å²) in [5.41, 5.74) is 4.64. The molecule has 0 heterocycles. The maximum atomic E-state index is 12.9. The van der Waals surface area contributed by atoms with E-state index < -0.39 is 18.1 Å². The zero-order valence-corrected chi connectivity index (χ0v) is 20.2. The van der Waals surface area contributed by atoms with E-state index in [9.17, 15) is 14.4 Å².